The summed E-state index contributed by atoms with van der Waals surface area (Å²) >= 11 is 0. The van der Waals surface area contributed by atoms with Crippen molar-refractivity contribution in [2.24, 2.45) is 0 Å². The third-order valence-electron chi connectivity index (χ3n) is 4.99. The van der Waals surface area contributed by atoms with Crippen LogP contribution < -0.4 is 0 Å². The summed E-state index contributed by atoms with van der Waals surface area (Å²) in [6.07, 6.45) is 23.0. The number of hydrogen-bond donors (Lipinski definition) is 2. The van der Waals surface area contributed by atoms with E-state index in [1.165, 1.54) is 89.9 Å². The van der Waals surface area contributed by atoms with Gasteiger partial charge in [0.05, 0.1) is 0 Å². The van der Waals surface area contributed by atoms with Crippen LogP contribution in [0.1, 0.15) is 150 Å². The van der Waals surface area contributed by atoms with Gasteiger partial charge in [-0.15, -0.1) is 0 Å². The van der Waals surface area contributed by atoms with E-state index in [-0.39, 0.29) is 7.43 Å². The van der Waals surface area contributed by atoms with E-state index in [0.717, 1.165) is 25.7 Å². The smallest absolute Gasteiger partial charge is 0.303 e. The Bertz CT molecular complexity index is 297. The Morgan fingerprint density at radius 2 is 0.655 bits per heavy atom. The minimum atomic E-state index is -0.659. The highest BCUT2D eigenvalue weighted by Crippen LogP contribution is 2.11. The van der Waals surface area contributed by atoms with Gasteiger partial charge < -0.3 is 10.2 Å². The van der Waals surface area contributed by atoms with Crippen LogP contribution in [0.4, 0.5) is 0 Å². The number of aliphatic carboxylic acids is 2. The predicted octanol–water partition coefficient (Wildman–Crippen LogP) is 8.62. The molecule has 0 heterocycles. The molecule has 0 aromatic heterocycles. The van der Waals surface area contributed by atoms with E-state index in [4.69, 9.17) is 10.2 Å². The maximum Gasteiger partial charge on any atom is 0.303 e. The van der Waals surface area contributed by atoms with Gasteiger partial charge in [-0.2, -0.15) is 0 Å². The molecule has 0 saturated carbocycles. The van der Waals surface area contributed by atoms with E-state index in [0.29, 0.717) is 12.8 Å². The zero-order chi connectivity index (χ0) is 21.3. The predicted molar refractivity (Wildman–Crippen MR) is 126 cm³/mol. The van der Waals surface area contributed by atoms with Crippen molar-refractivity contribution in [2.75, 3.05) is 0 Å². The van der Waals surface area contributed by atoms with Crippen LogP contribution in [-0.4, -0.2) is 22.2 Å². The molecule has 0 bridgehead atoms. The summed E-state index contributed by atoms with van der Waals surface area (Å²) in [6, 6.07) is 0. The fourth-order valence-electron chi connectivity index (χ4n) is 3.17. The normalized spacial score (nSPS) is 10.0. The van der Waals surface area contributed by atoms with Gasteiger partial charge in [-0.3, -0.25) is 9.59 Å². The summed E-state index contributed by atoms with van der Waals surface area (Å²) in [7, 11) is 0. The fraction of sp³-hybridized carbons (Fsp3) is 0.920. The van der Waals surface area contributed by atoms with Crippen LogP contribution in [0.5, 0.6) is 0 Å². The molecule has 0 aliphatic rings. The van der Waals surface area contributed by atoms with E-state index >= 15 is 0 Å². The van der Waals surface area contributed by atoms with Gasteiger partial charge in [-0.1, -0.05) is 124 Å². The Kier molecular flexibility index (Phi) is 32.8. The Labute approximate surface area is 181 Å². The highest BCUT2D eigenvalue weighted by atomic mass is 16.4. The van der Waals surface area contributed by atoms with Crippen molar-refractivity contribution in [2.45, 2.75) is 150 Å². The minimum Gasteiger partial charge on any atom is -0.481 e. The first-order valence-electron chi connectivity index (χ1n) is 12.0. The molecule has 4 nitrogen and oxygen atoms in total. The largest absolute Gasteiger partial charge is 0.481 e. The molecule has 29 heavy (non-hydrogen) atoms. The van der Waals surface area contributed by atoms with E-state index in [2.05, 4.69) is 13.8 Å². The quantitative estimate of drug-likeness (QED) is 0.195. The van der Waals surface area contributed by atoms with E-state index in [9.17, 15) is 9.59 Å². The third kappa shape index (κ3) is 38.2. The van der Waals surface area contributed by atoms with Crippen LogP contribution in [-0.2, 0) is 9.59 Å². The summed E-state index contributed by atoms with van der Waals surface area (Å²) in [4.78, 5) is 20.4. The van der Waals surface area contributed by atoms with Gasteiger partial charge in [0.15, 0.2) is 0 Å². The van der Waals surface area contributed by atoms with Gasteiger partial charge in [0.25, 0.3) is 0 Å². The molecule has 0 amide bonds. The van der Waals surface area contributed by atoms with Crippen molar-refractivity contribution < 1.29 is 19.8 Å². The lowest BCUT2D eigenvalue weighted by molar-refractivity contribution is -0.138. The van der Waals surface area contributed by atoms with Crippen LogP contribution in [0.25, 0.3) is 0 Å². The van der Waals surface area contributed by atoms with Crippen molar-refractivity contribution in [1.82, 2.24) is 0 Å². The summed E-state index contributed by atoms with van der Waals surface area (Å²) < 4.78 is 0. The fourth-order valence-corrected chi connectivity index (χ4v) is 3.17. The van der Waals surface area contributed by atoms with Gasteiger partial charge in [0.1, 0.15) is 0 Å². The third-order valence-corrected chi connectivity index (χ3v) is 4.99. The Balaban J connectivity index is -0.000000451. The number of carboxylic acid groups (broad SMARTS) is 2. The zero-order valence-electron chi connectivity index (χ0n) is 18.9. The van der Waals surface area contributed by atoms with Gasteiger partial charge in [-0.25, -0.2) is 0 Å². The molecule has 2 N–H and O–H groups in total. The lowest BCUT2D eigenvalue weighted by Gasteiger charge is -2.00. The van der Waals surface area contributed by atoms with Gasteiger partial charge >= 0.3 is 11.9 Å². The van der Waals surface area contributed by atoms with Crippen molar-refractivity contribution in [3.8, 4) is 0 Å². The molecule has 0 aromatic rings. The average molecular weight is 417 g/mol. The van der Waals surface area contributed by atoms with Crippen molar-refractivity contribution in [1.29, 1.82) is 0 Å². The molecule has 0 saturated heterocycles. The van der Waals surface area contributed by atoms with Crippen molar-refractivity contribution >= 4 is 11.9 Å². The number of carbonyl (C=O) groups is 2. The SMILES string of the molecule is C.CCCCCCCCCCCC(=O)O.CCCCCCCCCCCC(=O)O. The van der Waals surface area contributed by atoms with E-state index < -0.39 is 11.9 Å². The molecule has 4 heteroatoms. The second-order valence-electron chi connectivity index (χ2n) is 7.94. The lowest BCUT2D eigenvalue weighted by Crippen LogP contribution is -1.93. The average Bonchev–Trinajstić information content (AvgIpc) is 2.65. The van der Waals surface area contributed by atoms with Gasteiger partial charge in [0.2, 0.25) is 0 Å². The maximum atomic E-state index is 10.2. The minimum absolute atomic E-state index is 0. The van der Waals surface area contributed by atoms with Crippen molar-refractivity contribution in [3.05, 3.63) is 0 Å². The first-order valence-corrected chi connectivity index (χ1v) is 12.0. The van der Waals surface area contributed by atoms with Crippen LogP contribution in [0.2, 0.25) is 0 Å². The Morgan fingerprint density at radius 3 is 0.862 bits per heavy atom. The molecule has 0 unspecified atom stereocenters. The lowest BCUT2D eigenvalue weighted by atomic mass is 10.1. The summed E-state index contributed by atoms with van der Waals surface area (Å²) in [5.41, 5.74) is 0. The standard InChI is InChI=1S/2C12H24O2.CH4/c2*1-2-3-4-5-6-7-8-9-10-11-12(13)14;/h2*2-11H2,1H3,(H,13,14);1H4. The number of unbranched alkanes of at least 4 members (excludes halogenated alkanes) is 16. The highest BCUT2D eigenvalue weighted by Gasteiger charge is 1.97. The topological polar surface area (TPSA) is 74.6 Å². The maximum absolute atomic E-state index is 10.2. The Hall–Kier alpha value is -1.06. The summed E-state index contributed by atoms with van der Waals surface area (Å²) in [5, 5.41) is 16.8. The van der Waals surface area contributed by atoms with Crippen LogP contribution >= 0.6 is 0 Å². The summed E-state index contributed by atoms with van der Waals surface area (Å²) in [6.45, 7) is 4.46. The van der Waals surface area contributed by atoms with Gasteiger partial charge in [0, 0.05) is 12.8 Å². The molecule has 0 fully saturated rings. The van der Waals surface area contributed by atoms with Crippen molar-refractivity contribution in [3.63, 3.8) is 0 Å². The molecule has 0 aliphatic heterocycles. The molecule has 0 spiro atoms. The Morgan fingerprint density at radius 1 is 0.448 bits per heavy atom. The molecule has 0 atom stereocenters. The first-order chi connectivity index (χ1) is 13.5. The second kappa shape index (κ2) is 29.1. The van der Waals surface area contributed by atoms with Gasteiger partial charge in [-0.05, 0) is 12.8 Å². The second-order valence-corrected chi connectivity index (χ2v) is 7.94. The van der Waals surface area contributed by atoms with Crippen LogP contribution in [0, 0.1) is 0 Å². The van der Waals surface area contributed by atoms with E-state index in [1.807, 2.05) is 0 Å². The molecule has 0 aromatic carbocycles. The number of carboxylic acids is 2. The van der Waals surface area contributed by atoms with Crippen LogP contribution in [0.3, 0.4) is 0 Å². The van der Waals surface area contributed by atoms with E-state index in [1.54, 1.807) is 0 Å². The molecule has 0 radical (unpaired) electrons. The summed E-state index contributed by atoms with van der Waals surface area (Å²) in [5.74, 6) is -1.32. The molecule has 0 rings (SSSR count). The molecular weight excluding hydrogens is 364 g/mol. The highest BCUT2D eigenvalue weighted by molar-refractivity contribution is 5.66. The monoisotopic (exact) mass is 416 g/mol. The number of rotatable bonds is 20. The first kappa shape index (κ1) is 32.6. The van der Waals surface area contributed by atoms with Crippen LogP contribution in [0.15, 0.2) is 0 Å². The molecule has 0 aliphatic carbocycles. The number of hydrogen-bond acceptors (Lipinski definition) is 2. The molecular formula is C25H52O4. The zero-order valence-corrected chi connectivity index (χ0v) is 18.9. The molecule has 176 valence electrons.